The van der Waals surface area contributed by atoms with Gasteiger partial charge in [-0.25, -0.2) is 0 Å². The Bertz CT molecular complexity index is 256. The monoisotopic (exact) mass is 226 g/mol. The summed E-state index contributed by atoms with van der Waals surface area (Å²) in [4.78, 5) is 0. The Morgan fingerprint density at radius 2 is 1.25 bits per heavy atom. The Hall–Kier alpha value is -0.520. The van der Waals surface area contributed by atoms with Crippen LogP contribution in [0.4, 0.5) is 0 Å². The maximum absolute atomic E-state index is 10.4. The van der Waals surface area contributed by atoms with E-state index in [1.807, 2.05) is 41.5 Å². The zero-order chi connectivity index (χ0) is 13.0. The zero-order valence-corrected chi connectivity index (χ0v) is 11.5. The molecule has 0 unspecified atom stereocenters. The van der Waals surface area contributed by atoms with Crippen LogP contribution in [0.15, 0.2) is 0 Å². The molecule has 2 heteroatoms. The second-order valence-corrected chi connectivity index (χ2v) is 5.12. The summed E-state index contributed by atoms with van der Waals surface area (Å²) in [6, 6.07) is 0. The zero-order valence-electron chi connectivity index (χ0n) is 11.5. The smallest absolute Gasteiger partial charge is 0.130 e. The van der Waals surface area contributed by atoms with Gasteiger partial charge in [0.1, 0.15) is 11.2 Å². The highest BCUT2D eigenvalue weighted by atomic mass is 16.3. The van der Waals surface area contributed by atoms with Gasteiger partial charge in [-0.05, 0) is 24.7 Å². The molecule has 0 rings (SSSR count). The standard InChI is InChI=1S/C14H26O2/c1-7-13(15,8-2)9-10-14(16,11(3)4)12(5)6/h11-12,15-16H,7-8H2,1-6H3. The molecule has 0 aliphatic heterocycles. The van der Waals surface area contributed by atoms with Crippen molar-refractivity contribution in [1.82, 2.24) is 0 Å². The van der Waals surface area contributed by atoms with Crippen molar-refractivity contribution in [3.05, 3.63) is 0 Å². The van der Waals surface area contributed by atoms with Crippen LogP contribution in [-0.2, 0) is 0 Å². The van der Waals surface area contributed by atoms with Crippen molar-refractivity contribution in [2.45, 2.75) is 65.6 Å². The van der Waals surface area contributed by atoms with Crippen LogP contribution in [0.1, 0.15) is 54.4 Å². The van der Waals surface area contributed by atoms with E-state index in [4.69, 9.17) is 0 Å². The summed E-state index contributed by atoms with van der Waals surface area (Å²) >= 11 is 0. The molecule has 2 N–H and O–H groups in total. The van der Waals surface area contributed by atoms with Crippen LogP contribution in [0.3, 0.4) is 0 Å². The average Bonchev–Trinajstić information content (AvgIpc) is 2.24. The SMILES string of the molecule is CCC(O)(C#CC(O)(C(C)C)C(C)C)CC. The predicted octanol–water partition coefficient (Wildman–Crippen LogP) is 2.58. The normalized spacial score (nSPS) is 12.9. The molecule has 0 saturated carbocycles. The molecule has 0 aromatic heterocycles. The van der Waals surface area contributed by atoms with Crippen molar-refractivity contribution in [1.29, 1.82) is 0 Å². The van der Waals surface area contributed by atoms with Gasteiger partial charge in [0.15, 0.2) is 0 Å². The number of hydrogen-bond donors (Lipinski definition) is 2. The van der Waals surface area contributed by atoms with E-state index in [9.17, 15) is 10.2 Å². The maximum Gasteiger partial charge on any atom is 0.130 e. The first-order valence-electron chi connectivity index (χ1n) is 6.21. The lowest BCUT2D eigenvalue weighted by Crippen LogP contribution is -2.40. The fourth-order valence-electron chi connectivity index (χ4n) is 1.60. The quantitative estimate of drug-likeness (QED) is 0.723. The van der Waals surface area contributed by atoms with Crippen molar-refractivity contribution in [3.63, 3.8) is 0 Å². The Kier molecular flexibility index (Phi) is 5.52. The maximum atomic E-state index is 10.4. The predicted molar refractivity (Wildman–Crippen MR) is 67.9 cm³/mol. The van der Waals surface area contributed by atoms with E-state index < -0.39 is 11.2 Å². The summed E-state index contributed by atoms with van der Waals surface area (Å²) in [5, 5.41) is 20.5. The summed E-state index contributed by atoms with van der Waals surface area (Å²) < 4.78 is 0. The molecule has 0 atom stereocenters. The van der Waals surface area contributed by atoms with Crippen molar-refractivity contribution < 1.29 is 10.2 Å². The van der Waals surface area contributed by atoms with E-state index in [0.29, 0.717) is 12.8 Å². The largest absolute Gasteiger partial charge is 0.378 e. The van der Waals surface area contributed by atoms with Gasteiger partial charge in [-0.2, -0.15) is 0 Å². The topological polar surface area (TPSA) is 40.5 Å². The van der Waals surface area contributed by atoms with E-state index in [2.05, 4.69) is 11.8 Å². The Labute approximate surface area is 100 Å². The minimum atomic E-state index is -1.02. The lowest BCUT2D eigenvalue weighted by atomic mass is 9.80. The third kappa shape index (κ3) is 3.50. The number of aliphatic hydroxyl groups is 2. The van der Waals surface area contributed by atoms with Crippen LogP contribution in [0.2, 0.25) is 0 Å². The molecule has 0 heterocycles. The Morgan fingerprint density at radius 1 is 0.875 bits per heavy atom. The van der Waals surface area contributed by atoms with Gasteiger partial charge in [0.25, 0.3) is 0 Å². The molecular formula is C14H26O2. The third-order valence-electron chi connectivity index (χ3n) is 3.43. The summed E-state index contributed by atoms with van der Waals surface area (Å²) in [5.41, 5.74) is -1.98. The third-order valence-corrected chi connectivity index (χ3v) is 3.43. The van der Waals surface area contributed by atoms with Crippen LogP contribution in [0.5, 0.6) is 0 Å². The molecule has 16 heavy (non-hydrogen) atoms. The molecule has 0 fully saturated rings. The highest BCUT2D eigenvalue weighted by Gasteiger charge is 2.33. The van der Waals surface area contributed by atoms with E-state index in [0.717, 1.165) is 0 Å². The second-order valence-electron chi connectivity index (χ2n) is 5.12. The molecule has 0 amide bonds. The Morgan fingerprint density at radius 3 is 1.50 bits per heavy atom. The molecule has 0 aromatic carbocycles. The van der Waals surface area contributed by atoms with Crippen molar-refractivity contribution in [2.24, 2.45) is 11.8 Å². The molecule has 0 aliphatic carbocycles. The summed E-state index contributed by atoms with van der Waals surface area (Å²) in [7, 11) is 0. The molecule has 0 aliphatic rings. The molecule has 94 valence electrons. The van der Waals surface area contributed by atoms with Gasteiger partial charge >= 0.3 is 0 Å². The van der Waals surface area contributed by atoms with Gasteiger partial charge in [0, 0.05) is 0 Å². The first-order chi connectivity index (χ1) is 7.22. The van der Waals surface area contributed by atoms with Gasteiger partial charge < -0.3 is 10.2 Å². The highest BCUT2D eigenvalue weighted by molar-refractivity contribution is 5.22. The Balaban J connectivity index is 5.12. The molecular weight excluding hydrogens is 200 g/mol. The van der Waals surface area contributed by atoms with Crippen molar-refractivity contribution in [2.75, 3.05) is 0 Å². The minimum Gasteiger partial charge on any atom is -0.378 e. The van der Waals surface area contributed by atoms with Gasteiger partial charge in [0.05, 0.1) is 0 Å². The molecule has 0 aromatic rings. The molecule has 0 radical (unpaired) electrons. The fourth-order valence-corrected chi connectivity index (χ4v) is 1.60. The molecule has 0 spiro atoms. The van der Waals surface area contributed by atoms with Gasteiger partial charge in [-0.3, -0.25) is 0 Å². The van der Waals surface area contributed by atoms with E-state index in [-0.39, 0.29) is 11.8 Å². The first-order valence-corrected chi connectivity index (χ1v) is 6.21. The summed E-state index contributed by atoms with van der Waals surface area (Å²) in [5.74, 6) is 5.85. The van der Waals surface area contributed by atoms with Gasteiger partial charge in [-0.15, -0.1) is 0 Å². The van der Waals surface area contributed by atoms with Crippen LogP contribution >= 0.6 is 0 Å². The van der Waals surface area contributed by atoms with Crippen molar-refractivity contribution >= 4 is 0 Å². The van der Waals surface area contributed by atoms with Crippen LogP contribution < -0.4 is 0 Å². The van der Waals surface area contributed by atoms with E-state index >= 15 is 0 Å². The molecule has 2 nitrogen and oxygen atoms in total. The van der Waals surface area contributed by atoms with Crippen molar-refractivity contribution in [3.8, 4) is 11.8 Å². The lowest BCUT2D eigenvalue weighted by molar-refractivity contribution is 0.00790. The van der Waals surface area contributed by atoms with Gasteiger partial charge in [-0.1, -0.05) is 53.4 Å². The summed E-state index contributed by atoms with van der Waals surface area (Å²) in [6.07, 6.45) is 1.17. The summed E-state index contributed by atoms with van der Waals surface area (Å²) in [6.45, 7) is 11.6. The number of rotatable bonds is 4. The highest BCUT2D eigenvalue weighted by Crippen LogP contribution is 2.26. The van der Waals surface area contributed by atoms with E-state index in [1.165, 1.54) is 0 Å². The molecule has 0 saturated heterocycles. The lowest BCUT2D eigenvalue weighted by Gasteiger charge is -2.31. The first kappa shape index (κ1) is 15.5. The second kappa shape index (κ2) is 5.70. The number of hydrogen-bond acceptors (Lipinski definition) is 2. The molecule has 0 bridgehead atoms. The van der Waals surface area contributed by atoms with Crippen LogP contribution in [-0.4, -0.2) is 21.4 Å². The minimum absolute atomic E-state index is 0.0537. The van der Waals surface area contributed by atoms with E-state index in [1.54, 1.807) is 0 Å². The average molecular weight is 226 g/mol. The fraction of sp³-hybridized carbons (Fsp3) is 0.857. The van der Waals surface area contributed by atoms with Crippen LogP contribution in [0, 0.1) is 23.7 Å². The van der Waals surface area contributed by atoms with Crippen LogP contribution in [0.25, 0.3) is 0 Å². The van der Waals surface area contributed by atoms with Gasteiger partial charge in [0.2, 0.25) is 0 Å².